The highest BCUT2D eigenvalue weighted by Gasteiger charge is 2.42. The van der Waals surface area contributed by atoms with Crippen molar-refractivity contribution in [3.05, 3.63) is 84.8 Å². The van der Waals surface area contributed by atoms with Crippen molar-refractivity contribution < 1.29 is 9.59 Å². The Morgan fingerprint density at radius 1 is 0.925 bits per heavy atom. The molecule has 0 radical (unpaired) electrons. The zero-order valence-corrected chi connectivity index (χ0v) is 24.3. The first-order chi connectivity index (χ1) is 19.2. The number of ketones is 1. The van der Waals surface area contributed by atoms with E-state index in [1.54, 1.807) is 0 Å². The maximum atomic E-state index is 13.7. The Labute approximate surface area is 235 Å². The lowest BCUT2D eigenvalue weighted by atomic mass is 9.85. The highest BCUT2D eigenvalue weighted by atomic mass is 16.1. The Bertz CT molecular complexity index is 1780. The van der Waals surface area contributed by atoms with Crippen LogP contribution in [0.4, 0.5) is 0 Å². The molecule has 6 heteroatoms. The van der Waals surface area contributed by atoms with Crippen molar-refractivity contribution in [1.82, 2.24) is 20.3 Å². The van der Waals surface area contributed by atoms with E-state index in [0.717, 1.165) is 91.7 Å². The third-order valence-electron chi connectivity index (χ3n) is 9.39. The molecule has 0 spiro atoms. The molecule has 8 bridgehead atoms. The standard InChI is InChI=1S/C34H38N4O2/c1-8-11-22-17(5)25-12-24-16(4)20(9-2)27(35-24)14-29-23(15-39)21(10-3)28(36-29)13-26-18(6)31-33(38-26)30(32(22)37-25)19(7)34(31)40/h9,12-15,17,19,22,35-38H,2,8,10-11H2,1,3-7H3/t17-,19?,22-/m0/s1. The largest absolute Gasteiger partial charge is 0.361 e. The van der Waals surface area contributed by atoms with Gasteiger partial charge in [-0.05, 0) is 61.6 Å². The zero-order chi connectivity index (χ0) is 28.5. The molecule has 5 heterocycles. The van der Waals surface area contributed by atoms with Gasteiger partial charge in [0.15, 0.2) is 12.1 Å². The summed E-state index contributed by atoms with van der Waals surface area (Å²) < 4.78 is 0. The van der Waals surface area contributed by atoms with Gasteiger partial charge in [-0.15, -0.1) is 0 Å². The van der Waals surface area contributed by atoms with Crippen molar-refractivity contribution in [1.29, 1.82) is 0 Å². The monoisotopic (exact) mass is 534 g/mol. The molecule has 3 aromatic rings. The van der Waals surface area contributed by atoms with Gasteiger partial charge >= 0.3 is 0 Å². The molecule has 0 saturated carbocycles. The fourth-order valence-corrected chi connectivity index (χ4v) is 7.13. The number of Topliss-reactive ketones (excluding diaryl/α,β-unsaturated/α-hetero) is 1. The summed E-state index contributed by atoms with van der Waals surface area (Å²) in [6.07, 6.45) is 11.9. The summed E-state index contributed by atoms with van der Waals surface area (Å²) in [7, 11) is 0. The smallest absolute Gasteiger partial charge is 0.172 e. The lowest BCUT2D eigenvalue weighted by molar-refractivity contribution is 0.0964. The molecule has 6 nitrogen and oxygen atoms in total. The van der Waals surface area contributed by atoms with E-state index < -0.39 is 0 Å². The Morgan fingerprint density at radius 3 is 2.33 bits per heavy atom. The van der Waals surface area contributed by atoms with Gasteiger partial charge in [0.1, 0.15) is 0 Å². The summed E-state index contributed by atoms with van der Waals surface area (Å²) in [5.74, 6) is 0.520. The van der Waals surface area contributed by atoms with Crippen LogP contribution < -0.4 is 16.0 Å². The second-order valence-electron chi connectivity index (χ2n) is 11.5. The number of fused-ring (bicyclic) bond motifs is 7. The molecule has 1 fully saturated rings. The molecule has 1 unspecified atom stereocenters. The fourth-order valence-electron chi connectivity index (χ4n) is 7.13. The van der Waals surface area contributed by atoms with Gasteiger partial charge in [0, 0.05) is 73.8 Å². The Kier molecular flexibility index (Phi) is 6.25. The van der Waals surface area contributed by atoms with Crippen molar-refractivity contribution in [3.63, 3.8) is 0 Å². The highest BCUT2D eigenvalue weighted by molar-refractivity contribution is 6.15. The summed E-state index contributed by atoms with van der Waals surface area (Å²) in [5, 5.41) is 5.45. The van der Waals surface area contributed by atoms with Crippen LogP contribution in [0.25, 0.3) is 29.9 Å². The summed E-state index contributed by atoms with van der Waals surface area (Å²) in [6.45, 7) is 16.8. The van der Waals surface area contributed by atoms with E-state index in [1.807, 2.05) is 26.0 Å². The van der Waals surface area contributed by atoms with E-state index in [1.165, 1.54) is 5.70 Å². The number of nitrogens with one attached hydrogen (secondary N) is 4. The van der Waals surface area contributed by atoms with Gasteiger partial charge in [-0.25, -0.2) is 0 Å². The van der Waals surface area contributed by atoms with Crippen LogP contribution in [-0.2, 0) is 6.42 Å². The van der Waals surface area contributed by atoms with E-state index in [-0.39, 0.29) is 17.6 Å². The zero-order valence-electron chi connectivity index (χ0n) is 24.3. The second kappa shape index (κ2) is 9.54. The van der Waals surface area contributed by atoms with Crippen LogP contribution in [0, 0.1) is 31.6 Å². The molecule has 3 aromatic heterocycles. The number of aromatic nitrogens is 3. The number of rotatable bonds is 5. The molecule has 3 aliphatic rings. The van der Waals surface area contributed by atoms with Crippen molar-refractivity contribution in [2.45, 2.75) is 60.8 Å². The van der Waals surface area contributed by atoms with E-state index in [0.29, 0.717) is 17.9 Å². The first kappa shape index (κ1) is 26.2. The number of hydrogen-bond donors (Lipinski definition) is 4. The summed E-state index contributed by atoms with van der Waals surface area (Å²) >= 11 is 0. The van der Waals surface area contributed by atoms with Crippen molar-refractivity contribution >= 4 is 41.9 Å². The Morgan fingerprint density at radius 2 is 1.65 bits per heavy atom. The predicted octanol–water partition coefficient (Wildman–Crippen LogP) is 5.52. The van der Waals surface area contributed by atoms with Crippen LogP contribution in [0.15, 0.2) is 18.0 Å². The Hall–Kier alpha value is -4.06. The van der Waals surface area contributed by atoms with Crippen molar-refractivity contribution in [2.75, 3.05) is 0 Å². The molecule has 0 aromatic carbocycles. The molecule has 0 amide bonds. The molecule has 1 aliphatic carbocycles. The minimum absolute atomic E-state index is 0.166. The van der Waals surface area contributed by atoms with Gasteiger partial charge in [-0.1, -0.05) is 46.8 Å². The number of carbonyl (C=O) groups excluding carboxylic acids is 2. The average Bonchev–Trinajstić information content (AvgIpc) is 3.67. The minimum Gasteiger partial charge on any atom is -0.361 e. The van der Waals surface area contributed by atoms with E-state index in [2.05, 4.69) is 66.7 Å². The van der Waals surface area contributed by atoms with Crippen LogP contribution in [0.3, 0.4) is 0 Å². The first-order valence-electron chi connectivity index (χ1n) is 14.5. The maximum Gasteiger partial charge on any atom is 0.172 e. The lowest BCUT2D eigenvalue weighted by Crippen LogP contribution is -2.15. The van der Waals surface area contributed by atoms with Crippen LogP contribution in [0.2, 0.25) is 0 Å². The molecular formula is C34H38N4O2. The van der Waals surface area contributed by atoms with Gasteiger partial charge < -0.3 is 20.3 Å². The lowest BCUT2D eigenvalue weighted by Gasteiger charge is -2.18. The topological polar surface area (TPSA) is 93.5 Å². The average molecular weight is 535 g/mol. The number of aldehydes is 1. The molecular weight excluding hydrogens is 496 g/mol. The van der Waals surface area contributed by atoms with E-state index in [4.69, 9.17) is 0 Å². The van der Waals surface area contributed by atoms with Gasteiger partial charge in [-0.2, -0.15) is 0 Å². The van der Waals surface area contributed by atoms with Gasteiger partial charge in [0.25, 0.3) is 0 Å². The number of aromatic amines is 3. The van der Waals surface area contributed by atoms with Gasteiger partial charge in [0.05, 0.1) is 11.0 Å². The summed E-state index contributed by atoms with van der Waals surface area (Å²) in [6, 6.07) is 0. The van der Waals surface area contributed by atoms with Crippen LogP contribution in [0.5, 0.6) is 0 Å². The fraction of sp³-hybridized carbons (Fsp3) is 0.353. The third kappa shape index (κ3) is 3.61. The first-order valence-corrected chi connectivity index (χ1v) is 14.5. The maximum absolute atomic E-state index is 13.7. The van der Waals surface area contributed by atoms with Crippen LogP contribution in [-0.4, -0.2) is 27.0 Å². The molecule has 40 heavy (non-hydrogen) atoms. The molecule has 2 aliphatic heterocycles. The van der Waals surface area contributed by atoms with Gasteiger partial charge in [-0.3, -0.25) is 9.59 Å². The van der Waals surface area contributed by atoms with Crippen molar-refractivity contribution in [3.8, 4) is 0 Å². The second-order valence-corrected chi connectivity index (χ2v) is 11.5. The molecule has 206 valence electrons. The predicted molar refractivity (Wildman–Crippen MR) is 162 cm³/mol. The van der Waals surface area contributed by atoms with Crippen LogP contribution >= 0.6 is 0 Å². The SMILES string of the molecule is C=Cc1c2[nH]c(c1C)C=C1NC(=C3c4[nH]c(c(C)c4C(=O)C3C)C=c3[nH]c(c(C=O)c3CC)=C2)[C@@H](CCC)[C@@H]1C. The number of hydrogen-bond acceptors (Lipinski definition) is 3. The number of allylic oxidation sites excluding steroid dienone is 3. The van der Waals surface area contributed by atoms with Gasteiger partial charge in [0.2, 0.25) is 0 Å². The summed E-state index contributed by atoms with van der Waals surface area (Å²) in [4.78, 5) is 36.8. The number of H-pyrrole nitrogens is 3. The van der Waals surface area contributed by atoms with E-state index >= 15 is 0 Å². The third-order valence-corrected chi connectivity index (χ3v) is 9.39. The van der Waals surface area contributed by atoms with Crippen molar-refractivity contribution in [2.24, 2.45) is 17.8 Å². The molecule has 4 N–H and O–H groups in total. The van der Waals surface area contributed by atoms with E-state index in [9.17, 15) is 9.59 Å². The quantitative estimate of drug-likeness (QED) is 0.325. The minimum atomic E-state index is -0.216. The van der Waals surface area contributed by atoms with Crippen LogP contribution in [0.1, 0.15) is 106 Å². The number of carbonyl (C=O) groups is 2. The summed E-state index contributed by atoms with van der Waals surface area (Å²) in [5.41, 5.74) is 12.6. The molecule has 1 saturated heterocycles. The molecule has 3 atom stereocenters. The molecule has 6 rings (SSSR count). The Balaban J connectivity index is 1.75. The normalized spacial score (nSPS) is 21.2. The highest BCUT2D eigenvalue weighted by Crippen LogP contribution is 2.47.